The minimum atomic E-state index is -0.580. The Hall–Kier alpha value is -1.53. The molecule has 14 heavy (non-hydrogen) atoms. The fraction of sp³-hybridized carbons (Fsp3) is 0.100. The molecule has 1 rings (SSSR count). The summed E-state index contributed by atoms with van der Waals surface area (Å²) in [6, 6.07) is 2.04. The average molecular weight is 213 g/mol. The van der Waals surface area contributed by atoms with Crippen molar-refractivity contribution in [3.8, 4) is 17.6 Å². The second kappa shape index (κ2) is 4.64. The third-order valence-electron chi connectivity index (χ3n) is 1.44. The Morgan fingerprint density at radius 3 is 2.93 bits per heavy atom. The predicted octanol–water partition coefficient (Wildman–Crippen LogP) is 2.13. The van der Waals surface area contributed by atoms with E-state index in [9.17, 15) is 14.3 Å². The summed E-state index contributed by atoms with van der Waals surface area (Å²) in [4.78, 5) is 9.95. The summed E-state index contributed by atoms with van der Waals surface area (Å²) < 4.78 is 12.8. The number of carbonyl (C=O) groups excluding carboxylic acids is 1. The third kappa shape index (κ3) is 2.48. The molecule has 0 amide bonds. The van der Waals surface area contributed by atoms with Gasteiger partial charge in [0, 0.05) is 0 Å². The number of hydrogen-bond donors (Lipinski definition) is 1. The van der Waals surface area contributed by atoms with Crippen molar-refractivity contribution in [2.75, 3.05) is 0 Å². The van der Waals surface area contributed by atoms with Crippen LogP contribution in [0.5, 0.6) is 5.75 Å². The van der Waals surface area contributed by atoms with Gasteiger partial charge in [-0.3, -0.25) is 0 Å². The zero-order chi connectivity index (χ0) is 10.6. The molecule has 0 heterocycles. The topological polar surface area (TPSA) is 37.3 Å². The molecule has 0 unspecified atom stereocenters. The Kier molecular flexibility index (Phi) is 3.49. The van der Waals surface area contributed by atoms with Gasteiger partial charge in [0.1, 0.15) is 17.9 Å². The van der Waals surface area contributed by atoms with Gasteiger partial charge < -0.3 is 9.90 Å². The minimum Gasteiger partial charge on any atom is -0.505 e. The second-order valence-corrected chi connectivity index (χ2v) is 2.86. The highest BCUT2D eigenvalue weighted by Crippen LogP contribution is 2.27. The van der Waals surface area contributed by atoms with Crippen molar-refractivity contribution >= 4 is 17.9 Å². The molecule has 0 spiro atoms. The maximum absolute atomic E-state index is 12.8. The van der Waals surface area contributed by atoms with Crippen LogP contribution in [0.4, 0.5) is 4.39 Å². The first kappa shape index (κ1) is 10.6. The van der Waals surface area contributed by atoms with E-state index in [0.717, 1.165) is 12.1 Å². The molecule has 0 saturated heterocycles. The van der Waals surface area contributed by atoms with Gasteiger partial charge in [0.25, 0.3) is 0 Å². The van der Waals surface area contributed by atoms with Gasteiger partial charge >= 0.3 is 0 Å². The first-order valence-electron chi connectivity index (χ1n) is 3.75. The lowest BCUT2D eigenvalue weighted by molar-refractivity contribution is -0.107. The average Bonchev–Trinajstić information content (AvgIpc) is 2.13. The number of hydrogen-bond acceptors (Lipinski definition) is 2. The summed E-state index contributed by atoms with van der Waals surface area (Å²) in [6.07, 6.45) is 0.651. The van der Waals surface area contributed by atoms with Gasteiger partial charge in [0.15, 0.2) is 0 Å². The quantitative estimate of drug-likeness (QED) is 0.572. The van der Waals surface area contributed by atoms with Crippen molar-refractivity contribution in [2.45, 2.75) is 6.42 Å². The van der Waals surface area contributed by atoms with E-state index in [-0.39, 0.29) is 22.8 Å². The monoisotopic (exact) mass is 212 g/mol. The van der Waals surface area contributed by atoms with Crippen LogP contribution in [-0.4, -0.2) is 11.4 Å². The van der Waals surface area contributed by atoms with Gasteiger partial charge in [-0.05, 0) is 12.1 Å². The number of rotatable bonds is 1. The number of phenolic OH excluding ortho intramolecular Hbond substituents is 1. The van der Waals surface area contributed by atoms with Crippen LogP contribution in [0.15, 0.2) is 12.1 Å². The van der Waals surface area contributed by atoms with Crippen LogP contribution in [0.2, 0.25) is 5.02 Å². The van der Waals surface area contributed by atoms with E-state index >= 15 is 0 Å². The zero-order valence-corrected chi connectivity index (χ0v) is 7.81. The Morgan fingerprint density at radius 1 is 1.57 bits per heavy atom. The highest BCUT2D eigenvalue weighted by atomic mass is 35.5. The molecule has 0 atom stereocenters. The first-order chi connectivity index (χ1) is 6.65. The summed E-state index contributed by atoms with van der Waals surface area (Å²) >= 11 is 5.50. The molecule has 1 aromatic carbocycles. The van der Waals surface area contributed by atoms with E-state index in [0.29, 0.717) is 6.29 Å². The molecule has 0 saturated carbocycles. The van der Waals surface area contributed by atoms with E-state index in [2.05, 4.69) is 11.8 Å². The summed E-state index contributed by atoms with van der Waals surface area (Å²) in [7, 11) is 0. The Labute approximate surface area is 85.3 Å². The fourth-order valence-corrected chi connectivity index (χ4v) is 1.06. The van der Waals surface area contributed by atoms with Crippen LogP contribution in [0, 0.1) is 17.7 Å². The van der Waals surface area contributed by atoms with Gasteiger partial charge in [0.05, 0.1) is 17.0 Å². The molecule has 2 nitrogen and oxygen atoms in total. The van der Waals surface area contributed by atoms with Crippen LogP contribution in [0.1, 0.15) is 12.0 Å². The largest absolute Gasteiger partial charge is 0.505 e. The standard InChI is InChI=1S/C10H6ClFO2/c11-9-6-8(12)5-7(10(9)14)3-1-2-4-13/h4-6,14H,2H2. The normalized spacial score (nSPS) is 9.00. The lowest BCUT2D eigenvalue weighted by Gasteiger charge is -1.99. The van der Waals surface area contributed by atoms with Gasteiger partial charge in [-0.15, -0.1) is 0 Å². The Balaban J connectivity index is 3.09. The molecule has 72 valence electrons. The molecule has 0 fully saturated rings. The van der Waals surface area contributed by atoms with Crippen LogP contribution >= 0.6 is 11.6 Å². The van der Waals surface area contributed by atoms with Crippen LogP contribution in [0.25, 0.3) is 0 Å². The smallest absolute Gasteiger partial charge is 0.149 e. The molecule has 0 aliphatic heterocycles. The summed E-state index contributed by atoms with van der Waals surface area (Å²) in [5.74, 6) is 4.03. The molecular weight excluding hydrogens is 207 g/mol. The van der Waals surface area contributed by atoms with E-state index in [1.165, 1.54) is 0 Å². The number of halogens is 2. The number of aromatic hydroxyl groups is 1. The van der Waals surface area contributed by atoms with Crippen molar-refractivity contribution < 1.29 is 14.3 Å². The van der Waals surface area contributed by atoms with Crippen LogP contribution in [0.3, 0.4) is 0 Å². The predicted molar refractivity (Wildman–Crippen MR) is 50.6 cm³/mol. The van der Waals surface area contributed by atoms with Gasteiger partial charge in [-0.25, -0.2) is 4.39 Å². The molecule has 1 N–H and O–H groups in total. The Morgan fingerprint density at radius 2 is 2.29 bits per heavy atom. The number of phenols is 1. The van der Waals surface area contributed by atoms with Crippen LogP contribution < -0.4 is 0 Å². The first-order valence-corrected chi connectivity index (χ1v) is 4.13. The van der Waals surface area contributed by atoms with Crippen molar-refractivity contribution in [3.05, 3.63) is 28.5 Å². The molecule has 0 aliphatic rings. The molecular formula is C10H6ClFO2. The van der Waals surface area contributed by atoms with E-state index < -0.39 is 5.82 Å². The molecule has 0 aliphatic carbocycles. The van der Waals surface area contributed by atoms with Crippen molar-refractivity contribution in [3.63, 3.8) is 0 Å². The van der Waals surface area contributed by atoms with Gasteiger partial charge in [-0.2, -0.15) is 0 Å². The summed E-state index contributed by atoms with van der Waals surface area (Å²) in [5, 5.41) is 9.24. The molecule has 0 bridgehead atoms. The third-order valence-corrected chi connectivity index (χ3v) is 1.72. The van der Waals surface area contributed by atoms with E-state index in [1.54, 1.807) is 0 Å². The molecule has 0 aromatic heterocycles. The number of aldehydes is 1. The highest BCUT2D eigenvalue weighted by Gasteiger charge is 2.05. The maximum Gasteiger partial charge on any atom is 0.149 e. The molecule has 4 heteroatoms. The molecule has 0 radical (unpaired) electrons. The van der Waals surface area contributed by atoms with Gasteiger partial charge in [-0.1, -0.05) is 23.4 Å². The molecule has 1 aromatic rings. The maximum atomic E-state index is 12.8. The second-order valence-electron chi connectivity index (χ2n) is 2.46. The Bertz CT molecular complexity index is 418. The van der Waals surface area contributed by atoms with Crippen molar-refractivity contribution in [2.24, 2.45) is 0 Å². The van der Waals surface area contributed by atoms with Crippen molar-refractivity contribution in [1.82, 2.24) is 0 Å². The van der Waals surface area contributed by atoms with E-state index in [4.69, 9.17) is 11.6 Å². The lowest BCUT2D eigenvalue weighted by atomic mass is 10.2. The number of carbonyl (C=O) groups is 1. The number of benzene rings is 1. The lowest BCUT2D eigenvalue weighted by Crippen LogP contribution is -1.82. The summed E-state index contributed by atoms with van der Waals surface area (Å²) in [6.45, 7) is 0. The van der Waals surface area contributed by atoms with Gasteiger partial charge in [0.2, 0.25) is 0 Å². The van der Waals surface area contributed by atoms with Crippen LogP contribution in [-0.2, 0) is 4.79 Å². The fourth-order valence-electron chi connectivity index (χ4n) is 0.849. The zero-order valence-electron chi connectivity index (χ0n) is 7.05. The highest BCUT2D eigenvalue weighted by molar-refractivity contribution is 6.32. The van der Waals surface area contributed by atoms with E-state index in [1.807, 2.05) is 0 Å². The van der Waals surface area contributed by atoms with Crippen molar-refractivity contribution in [1.29, 1.82) is 0 Å². The minimum absolute atomic E-state index is 0.0353. The SMILES string of the molecule is O=CCC#Cc1cc(F)cc(Cl)c1O. The summed E-state index contributed by atoms with van der Waals surface area (Å²) in [5.41, 5.74) is 0.0804.